The van der Waals surface area contributed by atoms with Gasteiger partial charge in [0.25, 0.3) is 5.91 Å². The molecule has 1 aromatic rings. The minimum atomic E-state index is -0.355. The number of carbonyl (C=O) groups excluding carboxylic acids is 2. The lowest BCUT2D eigenvalue weighted by molar-refractivity contribution is -0.149. The molecular weight excluding hydrogens is 272 g/mol. The zero-order valence-electron chi connectivity index (χ0n) is 11.9. The van der Waals surface area contributed by atoms with Gasteiger partial charge >= 0.3 is 0 Å². The molecule has 20 heavy (non-hydrogen) atoms. The Morgan fingerprint density at radius 2 is 2.05 bits per heavy atom. The summed E-state index contributed by atoms with van der Waals surface area (Å²) in [6.07, 6.45) is 2.85. The van der Waals surface area contributed by atoms with E-state index >= 15 is 0 Å². The van der Waals surface area contributed by atoms with Crippen LogP contribution in [0.1, 0.15) is 33.1 Å². The Bertz CT molecular complexity index is 512. The third kappa shape index (κ3) is 2.04. The van der Waals surface area contributed by atoms with Gasteiger partial charge in [-0.05, 0) is 36.6 Å². The van der Waals surface area contributed by atoms with Gasteiger partial charge in [-0.3, -0.25) is 14.5 Å². The van der Waals surface area contributed by atoms with Crippen LogP contribution in [-0.2, 0) is 9.59 Å². The number of amides is 2. The molecule has 0 radical (unpaired) electrons. The van der Waals surface area contributed by atoms with E-state index in [0.29, 0.717) is 0 Å². The van der Waals surface area contributed by atoms with E-state index in [1.807, 2.05) is 35.6 Å². The van der Waals surface area contributed by atoms with Crippen molar-refractivity contribution in [2.45, 2.75) is 45.2 Å². The maximum absolute atomic E-state index is 12.9. The van der Waals surface area contributed by atoms with Crippen LogP contribution in [0.4, 0.5) is 5.69 Å². The van der Waals surface area contributed by atoms with Gasteiger partial charge in [0.15, 0.2) is 0 Å². The first-order chi connectivity index (χ1) is 9.61. The molecule has 2 unspecified atom stereocenters. The molecule has 4 nitrogen and oxygen atoms in total. The Morgan fingerprint density at radius 3 is 2.70 bits per heavy atom. The van der Waals surface area contributed by atoms with Crippen LogP contribution < -0.4 is 4.90 Å². The molecular formula is C15H20N2O2S. The first kappa shape index (κ1) is 13.6. The SMILES string of the molecule is CC(C)C1C(=O)N2CCCCC2C(=O)N1c1ccsc1. The summed E-state index contributed by atoms with van der Waals surface area (Å²) in [6, 6.07) is 1.33. The summed E-state index contributed by atoms with van der Waals surface area (Å²) >= 11 is 1.56. The first-order valence-electron chi connectivity index (χ1n) is 7.27. The number of fused-ring (bicyclic) bond motifs is 1. The number of anilines is 1. The van der Waals surface area contributed by atoms with E-state index < -0.39 is 0 Å². The predicted molar refractivity (Wildman–Crippen MR) is 79.8 cm³/mol. The lowest BCUT2D eigenvalue weighted by atomic mass is 9.90. The van der Waals surface area contributed by atoms with Gasteiger partial charge in [0.05, 0.1) is 5.69 Å². The van der Waals surface area contributed by atoms with Gasteiger partial charge in [0, 0.05) is 11.9 Å². The van der Waals surface area contributed by atoms with Crippen molar-refractivity contribution < 1.29 is 9.59 Å². The van der Waals surface area contributed by atoms with Crippen molar-refractivity contribution in [3.8, 4) is 0 Å². The molecule has 2 amide bonds. The fourth-order valence-electron chi connectivity index (χ4n) is 3.30. The molecule has 5 heteroatoms. The predicted octanol–water partition coefficient (Wildman–Crippen LogP) is 2.50. The molecule has 2 saturated heterocycles. The highest BCUT2D eigenvalue weighted by molar-refractivity contribution is 7.08. The van der Waals surface area contributed by atoms with Crippen molar-refractivity contribution in [2.24, 2.45) is 5.92 Å². The topological polar surface area (TPSA) is 40.6 Å². The fourth-order valence-corrected chi connectivity index (χ4v) is 3.92. The van der Waals surface area contributed by atoms with Gasteiger partial charge in [-0.25, -0.2) is 0 Å². The Hall–Kier alpha value is -1.36. The quantitative estimate of drug-likeness (QED) is 0.840. The summed E-state index contributed by atoms with van der Waals surface area (Å²) in [5, 5.41) is 3.91. The summed E-state index contributed by atoms with van der Waals surface area (Å²) in [6.45, 7) is 4.76. The summed E-state index contributed by atoms with van der Waals surface area (Å²) in [5.74, 6) is 0.339. The maximum atomic E-state index is 12.9. The van der Waals surface area contributed by atoms with Crippen LogP contribution in [0.5, 0.6) is 0 Å². The minimum Gasteiger partial charge on any atom is -0.329 e. The number of hydrogen-bond acceptors (Lipinski definition) is 3. The van der Waals surface area contributed by atoms with Crippen molar-refractivity contribution in [3.05, 3.63) is 16.8 Å². The van der Waals surface area contributed by atoms with Gasteiger partial charge in [0.1, 0.15) is 12.1 Å². The van der Waals surface area contributed by atoms with E-state index in [0.717, 1.165) is 31.5 Å². The molecule has 3 heterocycles. The Morgan fingerprint density at radius 1 is 1.25 bits per heavy atom. The van der Waals surface area contributed by atoms with Gasteiger partial charge in [-0.2, -0.15) is 11.3 Å². The number of nitrogens with zero attached hydrogens (tertiary/aromatic N) is 2. The zero-order chi connectivity index (χ0) is 14.3. The van der Waals surface area contributed by atoms with Gasteiger partial charge in [0.2, 0.25) is 5.91 Å². The third-order valence-corrected chi connectivity index (χ3v) is 4.93. The molecule has 0 aliphatic carbocycles. The molecule has 3 rings (SSSR count). The molecule has 0 N–H and O–H groups in total. The van der Waals surface area contributed by atoms with Crippen LogP contribution in [0.15, 0.2) is 16.8 Å². The van der Waals surface area contributed by atoms with Crippen LogP contribution in [0.25, 0.3) is 0 Å². The Labute approximate surface area is 123 Å². The van der Waals surface area contributed by atoms with Crippen LogP contribution >= 0.6 is 11.3 Å². The maximum Gasteiger partial charge on any atom is 0.250 e. The average molecular weight is 292 g/mol. The molecule has 2 atom stereocenters. The van der Waals surface area contributed by atoms with E-state index in [9.17, 15) is 9.59 Å². The molecule has 108 valence electrons. The van der Waals surface area contributed by atoms with Crippen LogP contribution in [0, 0.1) is 5.92 Å². The molecule has 0 bridgehead atoms. The molecule has 2 aliphatic rings. The number of carbonyl (C=O) groups is 2. The molecule has 1 aromatic heterocycles. The largest absolute Gasteiger partial charge is 0.329 e. The highest BCUT2D eigenvalue weighted by Crippen LogP contribution is 2.33. The standard InChI is InChI=1S/C15H20N2O2S/c1-10(2)13-15(19)16-7-4-3-5-12(16)14(18)17(13)11-6-8-20-9-11/h6,8-10,12-13H,3-5,7H2,1-2H3. The van der Waals surface area contributed by atoms with E-state index in [-0.39, 0.29) is 29.8 Å². The van der Waals surface area contributed by atoms with E-state index in [2.05, 4.69) is 0 Å². The summed E-state index contributed by atoms with van der Waals surface area (Å²) in [7, 11) is 0. The van der Waals surface area contributed by atoms with Crippen LogP contribution in [0.3, 0.4) is 0 Å². The lowest BCUT2D eigenvalue weighted by Crippen LogP contribution is -2.67. The van der Waals surface area contributed by atoms with Crippen LogP contribution in [0.2, 0.25) is 0 Å². The highest BCUT2D eigenvalue weighted by Gasteiger charge is 2.48. The highest BCUT2D eigenvalue weighted by atomic mass is 32.1. The Kier molecular flexibility index (Phi) is 3.54. The van der Waals surface area contributed by atoms with Gasteiger partial charge in [-0.15, -0.1) is 0 Å². The molecule has 0 aromatic carbocycles. The van der Waals surface area contributed by atoms with Crippen molar-refractivity contribution in [1.29, 1.82) is 0 Å². The first-order valence-corrected chi connectivity index (χ1v) is 8.21. The van der Waals surface area contributed by atoms with Gasteiger partial charge < -0.3 is 4.90 Å². The number of rotatable bonds is 2. The average Bonchev–Trinajstić information content (AvgIpc) is 2.96. The fraction of sp³-hybridized carbons (Fsp3) is 0.600. The van der Waals surface area contributed by atoms with Gasteiger partial charge in [-0.1, -0.05) is 13.8 Å². The summed E-state index contributed by atoms with van der Waals surface area (Å²) in [4.78, 5) is 29.2. The van der Waals surface area contributed by atoms with E-state index in [1.165, 1.54) is 0 Å². The normalized spacial score (nSPS) is 27.1. The number of thiophene rings is 1. The second-order valence-corrected chi connectivity index (χ2v) is 6.70. The van der Waals surface area contributed by atoms with Crippen molar-refractivity contribution >= 4 is 28.8 Å². The second-order valence-electron chi connectivity index (χ2n) is 5.92. The second kappa shape index (κ2) is 5.20. The number of hydrogen-bond donors (Lipinski definition) is 0. The van der Waals surface area contributed by atoms with Crippen molar-refractivity contribution in [2.75, 3.05) is 11.4 Å². The Balaban J connectivity index is 2.01. The lowest BCUT2D eigenvalue weighted by Gasteiger charge is -2.47. The number of piperazine rings is 1. The minimum absolute atomic E-state index is 0.0985. The third-order valence-electron chi connectivity index (χ3n) is 4.26. The van der Waals surface area contributed by atoms with E-state index in [4.69, 9.17) is 0 Å². The smallest absolute Gasteiger partial charge is 0.250 e. The van der Waals surface area contributed by atoms with E-state index in [1.54, 1.807) is 16.2 Å². The monoisotopic (exact) mass is 292 g/mol. The molecule has 0 spiro atoms. The summed E-state index contributed by atoms with van der Waals surface area (Å²) < 4.78 is 0. The molecule has 2 aliphatic heterocycles. The summed E-state index contributed by atoms with van der Waals surface area (Å²) in [5.41, 5.74) is 0.872. The zero-order valence-corrected chi connectivity index (χ0v) is 12.7. The molecule has 0 saturated carbocycles. The number of piperidine rings is 1. The van der Waals surface area contributed by atoms with Crippen molar-refractivity contribution in [3.63, 3.8) is 0 Å². The van der Waals surface area contributed by atoms with Crippen LogP contribution in [-0.4, -0.2) is 35.3 Å². The molecule has 2 fully saturated rings. The van der Waals surface area contributed by atoms with Crippen molar-refractivity contribution in [1.82, 2.24) is 4.90 Å².